The molecule has 1 aromatic heterocycles. The minimum absolute atomic E-state index is 0.103. The zero-order valence-electron chi connectivity index (χ0n) is 10.4. The van der Waals surface area contributed by atoms with Crippen molar-refractivity contribution < 1.29 is 4.79 Å². The van der Waals surface area contributed by atoms with Gasteiger partial charge in [-0.25, -0.2) is 0 Å². The summed E-state index contributed by atoms with van der Waals surface area (Å²) in [6.45, 7) is 6.48. The molecule has 1 heterocycles. The number of rotatable bonds is 2. The lowest BCUT2D eigenvalue weighted by Crippen LogP contribution is -2.09. The molecule has 0 bridgehead atoms. The summed E-state index contributed by atoms with van der Waals surface area (Å²) in [6, 6.07) is 11.4. The van der Waals surface area contributed by atoms with Crippen molar-refractivity contribution in [1.29, 1.82) is 0 Å². The van der Waals surface area contributed by atoms with Crippen LogP contribution in [0.2, 0.25) is 0 Å². The van der Waals surface area contributed by atoms with Crippen molar-refractivity contribution in [2.45, 2.75) is 26.2 Å². The number of benzene rings is 1. The van der Waals surface area contributed by atoms with E-state index in [1.807, 2.05) is 36.4 Å². The molecule has 0 radical (unpaired) electrons. The third-order valence-corrected chi connectivity index (χ3v) is 3.65. The second-order valence-electron chi connectivity index (χ2n) is 5.14. The van der Waals surface area contributed by atoms with E-state index in [1.54, 1.807) is 0 Å². The molecule has 2 heteroatoms. The molecule has 0 fully saturated rings. The summed E-state index contributed by atoms with van der Waals surface area (Å²) >= 11 is 1.53. The molecule has 0 aliphatic rings. The molecule has 1 aromatic carbocycles. The van der Waals surface area contributed by atoms with E-state index in [2.05, 4.69) is 26.2 Å². The van der Waals surface area contributed by atoms with Crippen molar-refractivity contribution in [2.24, 2.45) is 0 Å². The van der Waals surface area contributed by atoms with Gasteiger partial charge in [0.2, 0.25) is 5.78 Å². The van der Waals surface area contributed by atoms with Gasteiger partial charge >= 0.3 is 0 Å². The van der Waals surface area contributed by atoms with Gasteiger partial charge in [0.1, 0.15) is 0 Å². The maximum Gasteiger partial charge on any atom is 0.202 e. The summed E-state index contributed by atoms with van der Waals surface area (Å²) in [4.78, 5) is 13.0. The highest BCUT2D eigenvalue weighted by atomic mass is 32.1. The van der Waals surface area contributed by atoms with Crippen LogP contribution in [0.25, 0.3) is 0 Å². The van der Waals surface area contributed by atoms with Gasteiger partial charge in [0.25, 0.3) is 0 Å². The second kappa shape index (κ2) is 4.46. The fourth-order valence-corrected chi connectivity index (χ4v) is 2.68. The van der Waals surface area contributed by atoms with Crippen LogP contribution < -0.4 is 0 Å². The zero-order chi connectivity index (χ0) is 12.5. The summed E-state index contributed by atoms with van der Waals surface area (Å²) in [5, 5.41) is 2.08. The van der Waals surface area contributed by atoms with E-state index in [9.17, 15) is 4.79 Å². The van der Waals surface area contributed by atoms with E-state index in [0.717, 1.165) is 10.4 Å². The number of hydrogen-bond acceptors (Lipinski definition) is 2. The first-order valence-electron chi connectivity index (χ1n) is 5.67. The fourth-order valence-electron chi connectivity index (χ4n) is 1.58. The smallest absolute Gasteiger partial charge is 0.202 e. The Balaban J connectivity index is 2.30. The number of ketones is 1. The lowest BCUT2D eigenvalue weighted by Gasteiger charge is -2.15. The Morgan fingerprint density at radius 3 is 2.29 bits per heavy atom. The predicted molar refractivity (Wildman–Crippen MR) is 72.9 cm³/mol. The molecule has 0 aliphatic heterocycles. The van der Waals surface area contributed by atoms with Gasteiger partial charge in [0.05, 0.1) is 4.88 Å². The third kappa shape index (κ3) is 2.64. The van der Waals surface area contributed by atoms with E-state index in [-0.39, 0.29) is 11.2 Å². The Kier molecular flexibility index (Phi) is 3.16. The molecule has 0 amide bonds. The normalized spacial score (nSPS) is 11.5. The highest BCUT2D eigenvalue weighted by Gasteiger charge is 2.18. The van der Waals surface area contributed by atoms with Gasteiger partial charge in [-0.2, -0.15) is 0 Å². The molecule has 0 aliphatic carbocycles. The molecule has 0 N–H and O–H groups in total. The van der Waals surface area contributed by atoms with Crippen molar-refractivity contribution in [1.82, 2.24) is 0 Å². The molecule has 17 heavy (non-hydrogen) atoms. The van der Waals surface area contributed by atoms with Gasteiger partial charge in [-0.3, -0.25) is 4.79 Å². The monoisotopic (exact) mass is 244 g/mol. The molecule has 0 saturated heterocycles. The third-order valence-electron chi connectivity index (χ3n) is 2.73. The number of thiophene rings is 1. The first-order valence-corrected chi connectivity index (χ1v) is 6.55. The number of carbonyl (C=O) groups excluding carboxylic acids is 1. The summed E-state index contributed by atoms with van der Waals surface area (Å²) < 4.78 is 0. The fraction of sp³-hybridized carbons (Fsp3) is 0.267. The summed E-state index contributed by atoms with van der Waals surface area (Å²) in [5.74, 6) is 0.117. The van der Waals surface area contributed by atoms with Crippen LogP contribution in [0, 0.1) is 0 Å². The van der Waals surface area contributed by atoms with Crippen LogP contribution in [0.4, 0.5) is 0 Å². The van der Waals surface area contributed by atoms with E-state index < -0.39 is 0 Å². The van der Waals surface area contributed by atoms with Crippen molar-refractivity contribution in [3.8, 4) is 0 Å². The van der Waals surface area contributed by atoms with Gasteiger partial charge in [-0.1, -0.05) is 51.1 Å². The average Bonchev–Trinajstić information content (AvgIpc) is 2.78. The van der Waals surface area contributed by atoms with Crippen molar-refractivity contribution >= 4 is 17.1 Å². The first-order chi connectivity index (χ1) is 7.98. The van der Waals surface area contributed by atoms with Crippen LogP contribution in [-0.2, 0) is 5.41 Å². The van der Waals surface area contributed by atoms with Crippen LogP contribution in [0.15, 0.2) is 41.8 Å². The lowest BCUT2D eigenvalue weighted by atomic mass is 9.89. The molecular weight excluding hydrogens is 228 g/mol. The standard InChI is InChI=1S/C15H16OS/c1-15(2,3)12-9-13(17-10-12)14(16)11-7-5-4-6-8-11/h4-10H,1-3H3. The summed E-state index contributed by atoms with van der Waals surface area (Å²) in [7, 11) is 0. The number of hydrogen-bond donors (Lipinski definition) is 0. The summed E-state index contributed by atoms with van der Waals surface area (Å²) in [5.41, 5.74) is 2.09. The minimum atomic E-state index is 0.103. The van der Waals surface area contributed by atoms with E-state index >= 15 is 0 Å². The average molecular weight is 244 g/mol. The maximum absolute atomic E-state index is 12.2. The van der Waals surface area contributed by atoms with E-state index in [4.69, 9.17) is 0 Å². The van der Waals surface area contributed by atoms with Crippen LogP contribution >= 0.6 is 11.3 Å². The Hall–Kier alpha value is -1.41. The second-order valence-corrected chi connectivity index (χ2v) is 6.06. The van der Waals surface area contributed by atoms with Crippen molar-refractivity contribution in [2.75, 3.05) is 0 Å². The molecular formula is C15H16OS. The maximum atomic E-state index is 12.2. The molecule has 0 spiro atoms. The van der Waals surface area contributed by atoms with Crippen molar-refractivity contribution in [3.05, 3.63) is 57.8 Å². The lowest BCUT2D eigenvalue weighted by molar-refractivity contribution is 0.104. The van der Waals surface area contributed by atoms with Gasteiger partial charge in [-0.05, 0) is 22.4 Å². The van der Waals surface area contributed by atoms with Gasteiger partial charge in [0, 0.05) is 5.56 Å². The Bertz CT molecular complexity index is 517. The largest absolute Gasteiger partial charge is 0.288 e. The van der Waals surface area contributed by atoms with E-state index in [0.29, 0.717) is 0 Å². The molecule has 0 saturated carbocycles. The first kappa shape index (κ1) is 12.1. The van der Waals surface area contributed by atoms with Crippen LogP contribution in [0.1, 0.15) is 41.6 Å². The minimum Gasteiger partial charge on any atom is -0.288 e. The SMILES string of the molecule is CC(C)(C)c1csc(C(=O)c2ccccc2)c1. The predicted octanol–water partition coefficient (Wildman–Crippen LogP) is 4.28. The zero-order valence-corrected chi connectivity index (χ0v) is 11.2. The Morgan fingerprint density at radius 2 is 1.76 bits per heavy atom. The Labute approximate surface area is 106 Å². The molecule has 1 nitrogen and oxygen atoms in total. The molecule has 0 atom stereocenters. The molecule has 2 aromatic rings. The quantitative estimate of drug-likeness (QED) is 0.721. The van der Waals surface area contributed by atoms with Crippen molar-refractivity contribution in [3.63, 3.8) is 0 Å². The molecule has 88 valence electrons. The van der Waals surface area contributed by atoms with Gasteiger partial charge in [-0.15, -0.1) is 11.3 Å². The number of carbonyl (C=O) groups is 1. The van der Waals surface area contributed by atoms with Crippen LogP contribution in [-0.4, -0.2) is 5.78 Å². The topological polar surface area (TPSA) is 17.1 Å². The van der Waals surface area contributed by atoms with Crippen LogP contribution in [0.5, 0.6) is 0 Å². The van der Waals surface area contributed by atoms with Gasteiger partial charge < -0.3 is 0 Å². The van der Waals surface area contributed by atoms with E-state index in [1.165, 1.54) is 16.9 Å². The van der Waals surface area contributed by atoms with Gasteiger partial charge in [0.15, 0.2) is 0 Å². The highest BCUT2D eigenvalue weighted by Crippen LogP contribution is 2.28. The van der Waals surface area contributed by atoms with Crippen LogP contribution in [0.3, 0.4) is 0 Å². The molecule has 2 rings (SSSR count). The Morgan fingerprint density at radius 1 is 1.12 bits per heavy atom. The summed E-state index contributed by atoms with van der Waals surface area (Å²) in [6.07, 6.45) is 0. The highest BCUT2D eigenvalue weighted by molar-refractivity contribution is 7.12. The molecule has 0 unspecified atom stereocenters.